The molecule has 0 aromatic carbocycles. The molecule has 0 bridgehead atoms. The van der Waals surface area contributed by atoms with Crippen LogP contribution in [-0.2, 0) is 4.74 Å². The van der Waals surface area contributed by atoms with E-state index in [0.717, 1.165) is 19.4 Å². The molecule has 0 aromatic rings. The van der Waals surface area contributed by atoms with Crippen LogP contribution in [0.3, 0.4) is 0 Å². The minimum Gasteiger partial charge on any atom is -0.378 e. The quantitative estimate of drug-likeness (QED) is 0.246. The van der Waals surface area contributed by atoms with Crippen molar-refractivity contribution in [2.45, 2.75) is 97.0 Å². The van der Waals surface area contributed by atoms with Gasteiger partial charge < -0.3 is 4.74 Å². The Hall–Kier alpha value is -0.300. The zero-order valence-electron chi connectivity index (χ0n) is 14.0. The van der Waals surface area contributed by atoms with E-state index in [0.29, 0.717) is 6.10 Å². The van der Waals surface area contributed by atoms with Gasteiger partial charge in [0, 0.05) is 6.61 Å². The van der Waals surface area contributed by atoms with Crippen LogP contribution in [-0.4, -0.2) is 12.7 Å². The molecule has 1 heteroatoms. The van der Waals surface area contributed by atoms with Crippen LogP contribution in [0.25, 0.3) is 0 Å². The van der Waals surface area contributed by atoms with E-state index in [9.17, 15) is 0 Å². The maximum atomic E-state index is 5.82. The average Bonchev–Trinajstić information content (AvgIpc) is 2.46. The first-order valence-corrected chi connectivity index (χ1v) is 8.90. The maximum Gasteiger partial charge on any atom is 0.0609 e. The van der Waals surface area contributed by atoms with Gasteiger partial charge in [-0.3, -0.25) is 0 Å². The second-order valence-electron chi connectivity index (χ2n) is 5.69. The molecule has 0 rings (SSSR count). The molecule has 0 spiro atoms. The van der Waals surface area contributed by atoms with E-state index in [4.69, 9.17) is 4.74 Å². The van der Waals surface area contributed by atoms with Gasteiger partial charge in [-0.2, -0.15) is 0 Å². The second-order valence-corrected chi connectivity index (χ2v) is 5.69. The van der Waals surface area contributed by atoms with Gasteiger partial charge in [-0.1, -0.05) is 77.4 Å². The monoisotopic (exact) mass is 281 g/mol. The zero-order chi connectivity index (χ0) is 14.9. The van der Waals surface area contributed by atoms with Gasteiger partial charge in [0.15, 0.2) is 0 Å². The van der Waals surface area contributed by atoms with Crippen LogP contribution in [0.5, 0.6) is 0 Å². The Balaban J connectivity index is 3.56. The molecular weight excluding hydrogens is 244 g/mol. The third kappa shape index (κ3) is 14.1. The van der Waals surface area contributed by atoms with E-state index < -0.39 is 0 Å². The summed E-state index contributed by atoms with van der Waals surface area (Å²) < 4.78 is 5.82. The summed E-state index contributed by atoms with van der Waals surface area (Å²) in [5.41, 5.74) is 0. The molecule has 0 aliphatic carbocycles. The highest BCUT2D eigenvalue weighted by Gasteiger charge is 2.05. The van der Waals surface area contributed by atoms with Crippen molar-refractivity contribution in [3.63, 3.8) is 0 Å². The Morgan fingerprint density at radius 3 is 2.35 bits per heavy atom. The summed E-state index contributed by atoms with van der Waals surface area (Å²) in [6.07, 6.45) is 20.4. The summed E-state index contributed by atoms with van der Waals surface area (Å²) in [6.45, 7) is 9.09. The molecule has 119 valence electrons. The van der Waals surface area contributed by atoms with Crippen molar-refractivity contribution in [1.82, 2.24) is 0 Å². The molecular formula is C19H37O. The van der Waals surface area contributed by atoms with E-state index >= 15 is 0 Å². The van der Waals surface area contributed by atoms with E-state index in [1.165, 1.54) is 64.2 Å². The van der Waals surface area contributed by atoms with Gasteiger partial charge in [0.1, 0.15) is 0 Å². The number of rotatable bonds is 15. The normalized spacial score (nSPS) is 13.2. The molecule has 0 N–H and O–H groups in total. The Labute approximate surface area is 128 Å². The molecule has 0 aromatic heterocycles. The number of unbranched alkanes of at least 4 members (excludes halogenated alkanes) is 8. The molecule has 0 saturated heterocycles. The fourth-order valence-electron chi connectivity index (χ4n) is 2.46. The predicted molar refractivity (Wildman–Crippen MR) is 91.0 cm³/mol. The Kier molecular flexibility index (Phi) is 16.5. The van der Waals surface area contributed by atoms with Crippen molar-refractivity contribution < 1.29 is 4.74 Å². The number of hydrogen-bond donors (Lipinski definition) is 0. The largest absolute Gasteiger partial charge is 0.378 e. The molecule has 1 radical (unpaired) electrons. The van der Waals surface area contributed by atoms with Gasteiger partial charge in [0.25, 0.3) is 0 Å². The van der Waals surface area contributed by atoms with Crippen LogP contribution in [0.4, 0.5) is 0 Å². The van der Waals surface area contributed by atoms with Crippen molar-refractivity contribution in [3.8, 4) is 0 Å². The standard InChI is InChI=1S/C19H37O/c1-4-7-9-11-12-13-14-16-18-19(20-6-3)17-15-10-8-5-2/h14,16,19H,1,4-13,15,17-18H2,2-3H3/b16-14+. The van der Waals surface area contributed by atoms with E-state index in [1.807, 2.05) is 0 Å². The molecule has 0 saturated carbocycles. The van der Waals surface area contributed by atoms with Crippen LogP contribution in [0, 0.1) is 6.92 Å². The molecule has 1 unspecified atom stereocenters. The van der Waals surface area contributed by atoms with Gasteiger partial charge in [-0.25, -0.2) is 0 Å². The molecule has 0 amide bonds. The van der Waals surface area contributed by atoms with Crippen LogP contribution in [0.15, 0.2) is 12.2 Å². The first-order chi connectivity index (χ1) is 9.85. The zero-order valence-corrected chi connectivity index (χ0v) is 14.0. The molecule has 0 fully saturated rings. The number of hydrogen-bond acceptors (Lipinski definition) is 1. The molecule has 20 heavy (non-hydrogen) atoms. The molecule has 1 nitrogen and oxygen atoms in total. The lowest BCUT2D eigenvalue weighted by molar-refractivity contribution is 0.0570. The van der Waals surface area contributed by atoms with Gasteiger partial charge in [-0.05, 0) is 32.6 Å². The maximum absolute atomic E-state index is 5.82. The smallest absolute Gasteiger partial charge is 0.0609 e. The highest BCUT2D eigenvalue weighted by molar-refractivity contribution is 4.84. The minimum absolute atomic E-state index is 0.444. The first kappa shape index (κ1) is 19.7. The number of ether oxygens (including phenoxy) is 1. The van der Waals surface area contributed by atoms with E-state index in [2.05, 4.69) is 32.9 Å². The Morgan fingerprint density at radius 1 is 0.900 bits per heavy atom. The molecule has 1 atom stereocenters. The summed E-state index contributed by atoms with van der Waals surface area (Å²) in [7, 11) is 0. The summed E-state index contributed by atoms with van der Waals surface area (Å²) in [4.78, 5) is 0. The third-order valence-electron chi connectivity index (χ3n) is 3.72. The van der Waals surface area contributed by atoms with Gasteiger partial charge in [0.2, 0.25) is 0 Å². The number of allylic oxidation sites excluding steroid dienone is 1. The topological polar surface area (TPSA) is 9.23 Å². The van der Waals surface area contributed by atoms with Crippen molar-refractivity contribution in [1.29, 1.82) is 0 Å². The summed E-state index contributed by atoms with van der Waals surface area (Å²) in [6, 6.07) is 0. The lowest BCUT2D eigenvalue weighted by Crippen LogP contribution is -2.11. The van der Waals surface area contributed by atoms with Crippen LogP contribution in [0.1, 0.15) is 90.9 Å². The fourth-order valence-corrected chi connectivity index (χ4v) is 2.46. The van der Waals surface area contributed by atoms with E-state index in [1.54, 1.807) is 0 Å². The Bertz CT molecular complexity index is 198. The van der Waals surface area contributed by atoms with Gasteiger partial charge in [-0.15, -0.1) is 0 Å². The highest BCUT2D eigenvalue weighted by Crippen LogP contribution is 2.12. The fraction of sp³-hybridized carbons (Fsp3) is 0.842. The van der Waals surface area contributed by atoms with Crippen molar-refractivity contribution in [2.24, 2.45) is 0 Å². The lowest BCUT2D eigenvalue weighted by atomic mass is 10.1. The predicted octanol–water partition coefficient (Wildman–Crippen LogP) is 6.48. The lowest BCUT2D eigenvalue weighted by Gasteiger charge is -2.14. The van der Waals surface area contributed by atoms with E-state index in [-0.39, 0.29) is 0 Å². The summed E-state index contributed by atoms with van der Waals surface area (Å²) >= 11 is 0. The van der Waals surface area contributed by atoms with Crippen LogP contribution >= 0.6 is 0 Å². The molecule has 0 heterocycles. The third-order valence-corrected chi connectivity index (χ3v) is 3.72. The average molecular weight is 282 g/mol. The second kappa shape index (κ2) is 16.8. The summed E-state index contributed by atoms with van der Waals surface area (Å²) in [5, 5.41) is 0. The Morgan fingerprint density at radius 2 is 1.65 bits per heavy atom. The van der Waals surface area contributed by atoms with Crippen LogP contribution in [0.2, 0.25) is 0 Å². The SMILES string of the molecule is [CH2]CCCCCC/C=C/CC(CCCCCC)OCC. The summed E-state index contributed by atoms with van der Waals surface area (Å²) in [5.74, 6) is 0. The molecule has 0 aliphatic heterocycles. The first-order valence-electron chi connectivity index (χ1n) is 8.90. The van der Waals surface area contributed by atoms with Crippen LogP contribution < -0.4 is 0 Å². The highest BCUT2D eigenvalue weighted by atomic mass is 16.5. The van der Waals surface area contributed by atoms with Gasteiger partial charge in [0.05, 0.1) is 6.10 Å². The van der Waals surface area contributed by atoms with Gasteiger partial charge >= 0.3 is 0 Å². The minimum atomic E-state index is 0.444. The molecule has 0 aliphatic rings. The van der Waals surface area contributed by atoms with Crippen molar-refractivity contribution >= 4 is 0 Å². The van der Waals surface area contributed by atoms with Crippen molar-refractivity contribution in [3.05, 3.63) is 19.1 Å². The van der Waals surface area contributed by atoms with Crippen molar-refractivity contribution in [2.75, 3.05) is 6.61 Å².